The van der Waals surface area contributed by atoms with Gasteiger partial charge in [0.1, 0.15) is 28.2 Å². The number of rotatable bonds is 4. The van der Waals surface area contributed by atoms with E-state index in [0.717, 1.165) is 5.57 Å². The van der Waals surface area contributed by atoms with Crippen molar-refractivity contribution < 1.29 is 28.8 Å². The fraction of sp³-hybridized carbons (Fsp3) is 0.261. The highest BCUT2D eigenvalue weighted by Crippen LogP contribution is 2.45. The first-order chi connectivity index (χ1) is 14.3. The molecule has 1 aliphatic rings. The molecule has 0 fully saturated rings. The average Bonchev–Trinajstić information content (AvgIpc) is 3.19. The molecule has 0 unspecified atom stereocenters. The molecule has 2 heterocycles. The lowest BCUT2D eigenvalue weighted by molar-refractivity contribution is 0.171. The van der Waals surface area contributed by atoms with Crippen molar-refractivity contribution in [1.82, 2.24) is 0 Å². The molecule has 0 spiro atoms. The van der Waals surface area contributed by atoms with E-state index < -0.39 is 5.43 Å². The van der Waals surface area contributed by atoms with E-state index in [9.17, 15) is 15.0 Å². The van der Waals surface area contributed by atoms with Gasteiger partial charge in [0.2, 0.25) is 12.5 Å². The molecule has 0 aliphatic carbocycles. The largest absolute Gasteiger partial charge is 0.507 e. The highest BCUT2D eigenvalue weighted by molar-refractivity contribution is 5.91. The first-order valence-electron chi connectivity index (χ1n) is 9.44. The van der Waals surface area contributed by atoms with Crippen molar-refractivity contribution in [3.63, 3.8) is 0 Å². The lowest BCUT2D eigenvalue weighted by Crippen LogP contribution is -2.04. The Labute approximate surface area is 172 Å². The van der Waals surface area contributed by atoms with Crippen molar-refractivity contribution in [2.75, 3.05) is 13.9 Å². The summed E-state index contributed by atoms with van der Waals surface area (Å²) in [7, 11) is 1.51. The Bertz CT molecular complexity index is 1250. The van der Waals surface area contributed by atoms with Crippen molar-refractivity contribution in [3.05, 3.63) is 51.2 Å². The van der Waals surface area contributed by atoms with E-state index in [1.54, 1.807) is 19.1 Å². The maximum absolute atomic E-state index is 12.9. The van der Waals surface area contributed by atoms with E-state index in [-0.39, 0.29) is 35.0 Å². The molecular formula is C23H22O7. The number of aryl methyl sites for hydroxylation is 1. The number of aromatic hydroxyl groups is 2. The van der Waals surface area contributed by atoms with E-state index in [4.69, 9.17) is 18.6 Å². The van der Waals surface area contributed by atoms with Gasteiger partial charge < -0.3 is 28.8 Å². The summed E-state index contributed by atoms with van der Waals surface area (Å²) in [5.41, 5.74) is 1.97. The van der Waals surface area contributed by atoms with Crippen molar-refractivity contribution >= 4 is 11.0 Å². The smallest absolute Gasteiger partial charge is 0.231 e. The van der Waals surface area contributed by atoms with Gasteiger partial charge in [-0.1, -0.05) is 11.6 Å². The summed E-state index contributed by atoms with van der Waals surface area (Å²) in [5.74, 6) is 1.30. The third-order valence-corrected chi connectivity index (χ3v) is 5.11. The second-order valence-electron chi connectivity index (χ2n) is 7.38. The Kier molecular flexibility index (Phi) is 4.81. The molecule has 2 N–H and O–H groups in total. The van der Waals surface area contributed by atoms with Crippen LogP contribution in [-0.4, -0.2) is 24.1 Å². The second kappa shape index (κ2) is 7.33. The molecule has 0 amide bonds. The quantitative estimate of drug-likeness (QED) is 0.614. The Hall–Kier alpha value is -3.61. The zero-order valence-electron chi connectivity index (χ0n) is 17.2. The molecule has 7 heteroatoms. The summed E-state index contributed by atoms with van der Waals surface area (Å²) in [5, 5.41) is 21.4. The maximum atomic E-state index is 12.9. The molecule has 0 saturated heterocycles. The predicted octanol–water partition coefficient (Wildman–Crippen LogP) is 4.43. The minimum atomic E-state index is -0.415. The zero-order chi connectivity index (χ0) is 21.6. The minimum Gasteiger partial charge on any atom is -0.507 e. The van der Waals surface area contributed by atoms with Gasteiger partial charge in [-0.05, 0) is 39.3 Å². The summed E-state index contributed by atoms with van der Waals surface area (Å²) in [6, 6.07) is 4.67. The highest BCUT2D eigenvalue weighted by atomic mass is 16.7. The van der Waals surface area contributed by atoms with Crippen molar-refractivity contribution in [1.29, 1.82) is 0 Å². The number of methoxy groups -OCH3 is 1. The fourth-order valence-corrected chi connectivity index (χ4v) is 3.49. The van der Waals surface area contributed by atoms with Gasteiger partial charge in [0.15, 0.2) is 16.9 Å². The third kappa shape index (κ3) is 3.12. The standard InChI is InChI=1S/C23H22O7/c1-11(2)5-6-14-20(25)12(3)22-19(21(14)26)15(24)9-16(30-22)13-7-17(27-4)23-18(8-13)28-10-29-23/h5,7-9,25-26H,6,10H2,1-4H3. The minimum absolute atomic E-state index is 0.0407. The van der Waals surface area contributed by atoms with E-state index in [2.05, 4.69) is 0 Å². The first kappa shape index (κ1) is 19.7. The van der Waals surface area contributed by atoms with Crippen LogP contribution in [0.5, 0.6) is 28.7 Å². The Morgan fingerprint density at radius 3 is 2.63 bits per heavy atom. The third-order valence-electron chi connectivity index (χ3n) is 5.11. The van der Waals surface area contributed by atoms with Crippen LogP contribution in [0.1, 0.15) is 25.0 Å². The van der Waals surface area contributed by atoms with Crippen LogP contribution < -0.4 is 19.6 Å². The molecule has 2 aromatic carbocycles. The number of allylic oxidation sites excluding steroid dienone is 2. The van der Waals surface area contributed by atoms with Gasteiger partial charge in [0.05, 0.1) is 7.11 Å². The molecule has 0 bridgehead atoms. The highest BCUT2D eigenvalue weighted by Gasteiger charge is 2.24. The maximum Gasteiger partial charge on any atom is 0.231 e. The van der Waals surface area contributed by atoms with Crippen LogP contribution in [0.25, 0.3) is 22.3 Å². The molecule has 0 saturated carbocycles. The zero-order valence-corrected chi connectivity index (χ0v) is 17.2. The molecule has 156 valence electrons. The molecule has 30 heavy (non-hydrogen) atoms. The molecule has 1 aromatic heterocycles. The van der Waals surface area contributed by atoms with Gasteiger partial charge in [0, 0.05) is 22.8 Å². The van der Waals surface area contributed by atoms with Crippen LogP contribution in [-0.2, 0) is 6.42 Å². The lowest BCUT2D eigenvalue weighted by Gasteiger charge is -2.13. The van der Waals surface area contributed by atoms with Gasteiger partial charge in [0.25, 0.3) is 0 Å². The number of phenolic OH excluding ortho intramolecular Hbond substituents is 2. The van der Waals surface area contributed by atoms with Crippen molar-refractivity contribution in [2.45, 2.75) is 27.2 Å². The van der Waals surface area contributed by atoms with Gasteiger partial charge >= 0.3 is 0 Å². The number of phenols is 2. The van der Waals surface area contributed by atoms with Gasteiger partial charge in [-0.25, -0.2) is 0 Å². The predicted molar refractivity (Wildman–Crippen MR) is 112 cm³/mol. The van der Waals surface area contributed by atoms with Crippen LogP contribution >= 0.6 is 0 Å². The number of hydrogen-bond acceptors (Lipinski definition) is 7. The summed E-state index contributed by atoms with van der Waals surface area (Å²) in [6.07, 6.45) is 2.17. The van der Waals surface area contributed by atoms with Gasteiger partial charge in [-0.3, -0.25) is 4.79 Å². The number of hydrogen-bond donors (Lipinski definition) is 2. The normalized spacial score (nSPS) is 12.3. The Balaban J connectivity index is 1.94. The van der Waals surface area contributed by atoms with Crippen molar-refractivity contribution in [2.24, 2.45) is 0 Å². The first-order valence-corrected chi connectivity index (χ1v) is 9.44. The topological polar surface area (TPSA) is 98.4 Å². The average molecular weight is 410 g/mol. The monoisotopic (exact) mass is 410 g/mol. The van der Waals surface area contributed by atoms with Crippen LogP contribution in [0.4, 0.5) is 0 Å². The van der Waals surface area contributed by atoms with E-state index in [1.165, 1.54) is 13.2 Å². The van der Waals surface area contributed by atoms with Crippen LogP contribution in [0.15, 0.2) is 39.1 Å². The number of fused-ring (bicyclic) bond motifs is 2. The van der Waals surface area contributed by atoms with Crippen LogP contribution in [0, 0.1) is 6.92 Å². The fourth-order valence-electron chi connectivity index (χ4n) is 3.49. The summed E-state index contributed by atoms with van der Waals surface area (Å²) < 4.78 is 22.2. The summed E-state index contributed by atoms with van der Waals surface area (Å²) in [4.78, 5) is 12.9. The molecule has 7 nitrogen and oxygen atoms in total. The molecule has 1 aliphatic heterocycles. The summed E-state index contributed by atoms with van der Waals surface area (Å²) in [6.45, 7) is 5.56. The van der Waals surface area contributed by atoms with Gasteiger partial charge in [-0.15, -0.1) is 0 Å². The molecule has 4 rings (SSSR count). The molecular weight excluding hydrogens is 388 g/mol. The van der Waals surface area contributed by atoms with Gasteiger partial charge in [-0.2, -0.15) is 0 Å². The molecule has 0 atom stereocenters. The Morgan fingerprint density at radius 1 is 1.17 bits per heavy atom. The SMILES string of the molecule is COc1cc(-c2cc(=O)c3c(O)c(CC=C(C)C)c(O)c(C)c3o2)cc2c1OCO2. The van der Waals surface area contributed by atoms with Crippen LogP contribution in [0.2, 0.25) is 0 Å². The van der Waals surface area contributed by atoms with Crippen LogP contribution in [0.3, 0.4) is 0 Å². The van der Waals surface area contributed by atoms with Crippen molar-refractivity contribution in [3.8, 4) is 40.1 Å². The number of ether oxygens (including phenoxy) is 3. The van der Waals surface area contributed by atoms with E-state index in [0.29, 0.717) is 40.4 Å². The molecule has 0 radical (unpaired) electrons. The Morgan fingerprint density at radius 2 is 1.93 bits per heavy atom. The lowest BCUT2D eigenvalue weighted by atomic mass is 9.99. The van der Waals surface area contributed by atoms with E-state index in [1.807, 2.05) is 19.9 Å². The molecule has 3 aromatic rings. The summed E-state index contributed by atoms with van der Waals surface area (Å²) >= 11 is 0. The van der Waals surface area contributed by atoms with E-state index >= 15 is 0 Å². The second-order valence-corrected chi connectivity index (χ2v) is 7.38. The number of benzene rings is 2.